The molecule has 0 aliphatic heterocycles. The molecule has 108 valence electrons. The van der Waals surface area contributed by atoms with Crippen molar-refractivity contribution in [2.24, 2.45) is 0 Å². The van der Waals surface area contributed by atoms with Crippen LogP contribution in [0.5, 0.6) is 5.75 Å². The lowest BCUT2D eigenvalue weighted by Gasteiger charge is -2.06. The highest BCUT2D eigenvalue weighted by Crippen LogP contribution is 2.33. The molecule has 0 saturated carbocycles. The largest absolute Gasteiger partial charge is 0.493 e. The van der Waals surface area contributed by atoms with Crippen LogP contribution >= 0.6 is 23.4 Å². The lowest BCUT2D eigenvalue weighted by atomic mass is 10.1. The minimum absolute atomic E-state index is 0.760. The number of furan rings is 1. The molecular weight excluding hydrogens is 304 g/mol. The predicted molar refractivity (Wildman–Crippen MR) is 88.5 cm³/mol. The monoisotopic (exact) mass is 318 g/mol. The Labute approximate surface area is 133 Å². The van der Waals surface area contributed by atoms with E-state index in [0.717, 1.165) is 33.3 Å². The minimum atomic E-state index is 0.760. The van der Waals surface area contributed by atoms with Gasteiger partial charge >= 0.3 is 0 Å². The van der Waals surface area contributed by atoms with E-state index in [0.29, 0.717) is 0 Å². The van der Waals surface area contributed by atoms with E-state index in [1.54, 1.807) is 18.9 Å². The molecule has 0 radical (unpaired) electrons. The normalized spacial score (nSPS) is 11.0. The second-order valence-corrected chi connectivity index (χ2v) is 6.30. The topological polar surface area (TPSA) is 22.4 Å². The van der Waals surface area contributed by atoms with Gasteiger partial charge in [0.15, 0.2) is 11.3 Å². The summed E-state index contributed by atoms with van der Waals surface area (Å²) < 4.78 is 11.1. The molecule has 0 aliphatic carbocycles. The highest BCUT2D eigenvalue weighted by molar-refractivity contribution is 7.98. The van der Waals surface area contributed by atoms with Gasteiger partial charge in [-0.3, -0.25) is 0 Å². The average molecular weight is 319 g/mol. The van der Waals surface area contributed by atoms with Crippen molar-refractivity contribution in [1.82, 2.24) is 0 Å². The summed E-state index contributed by atoms with van der Waals surface area (Å²) in [6.07, 6.45) is 0. The van der Waals surface area contributed by atoms with Crippen LogP contribution in [0, 0.1) is 6.92 Å². The zero-order valence-electron chi connectivity index (χ0n) is 11.9. The zero-order chi connectivity index (χ0) is 14.8. The van der Waals surface area contributed by atoms with Crippen LogP contribution in [-0.2, 0) is 5.75 Å². The van der Waals surface area contributed by atoms with Crippen LogP contribution in [0.1, 0.15) is 11.3 Å². The Kier molecular flexibility index (Phi) is 4.13. The summed E-state index contributed by atoms with van der Waals surface area (Å²) in [5, 5.41) is 1.84. The molecule has 0 fully saturated rings. The number of hydrogen-bond donors (Lipinski definition) is 0. The predicted octanol–water partition coefficient (Wildman–Crippen LogP) is 5.70. The van der Waals surface area contributed by atoms with Gasteiger partial charge in [-0.05, 0) is 55.0 Å². The quantitative estimate of drug-likeness (QED) is 0.576. The van der Waals surface area contributed by atoms with Crippen LogP contribution in [0.3, 0.4) is 0 Å². The summed E-state index contributed by atoms with van der Waals surface area (Å²) in [6.45, 7) is 1.95. The zero-order valence-corrected chi connectivity index (χ0v) is 13.4. The lowest BCUT2D eigenvalue weighted by molar-refractivity contribution is 0.408. The Morgan fingerprint density at radius 2 is 1.90 bits per heavy atom. The van der Waals surface area contributed by atoms with Gasteiger partial charge in [0.1, 0.15) is 5.76 Å². The third-order valence-electron chi connectivity index (χ3n) is 3.20. The van der Waals surface area contributed by atoms with Gasteiger partial charge in [-0.1, -0.05) is 11.6 Å². The number of halogens is 1. The molecular formula is C17H15ClO2S. The highest BCUT2D eigenvalue weighted by Gasteiger charge is 2.09. The molecule has 2 aromatic carbocycles. The van der Waals surface area contributed by atoms with Crippen molar-refractivity contribution in [2.75, 3.05) is 7.11 Å². The van der Waals surface area contributed by atoms with Crippen LogP contribution in [0.4, 0.5) is 0 Å². The number of methoxy groups -OCH3 is 1. The standard InChI is InChI=1S/C17H15ClO2S/c1-11-7-13-8-12(9-16(19-2)17(13)20-11)10-21-15-5-3-14(18)4-6-15/h3-9H,10H2,1-2H3. The molecule has 0 spiro atoms. The van der Waals surface area contributed by atoms with Crippen molar-refractivity contribution < 1.29 is 9.15 Å². The van der Waals surface area contributed by atoms with E-state index in [2.05, 4.69) is 6.07 Å². The first kappa shape index (κ1) is 14.4. The maximum absolute atomic E-state index is 5.90. The Morgan fingerprint density at radius 3 is 2.62 bits per heavy atom. The fraction of sp³-hybridized carbons (Fsp3) is 0.176. The second-order valence-electron chi connectivity index (χ2n) is 4.82. The summed E-state index contributed by atoms with van der Waals surface area (Å²) in [5.41, 5.74) is 2.02. The Balaban J connectivity index is 1.84. The number of ether oxygens (including phenoxy) is 1. The number of benzene rings is 2. The molecule has 21 heavy (non-hydrogen) atoms. The molecule has 1 heterocycles. The summed E-state index contributed by atoms with van der Waals surface area (Å²) in [6, 6.07) is 14.1. The smallest absolute Gasteiger partial charge is 0.176 e. The average Bonchev–Trinajstić information content (AvgIpc) is 2.86. The van der Waals surface area contributed by atoms with Crippen molar-refractivity contribution in [3.8, 4) is 5.75 Å². The first-order valence-electron chi connectivity index (χ1n) is 6.61. The maximum Gasteiger partial charge on any atom is 0.176 e. The number of fused-ring (bicyclic) bond motifs is 1. The van der Waals surface area contributed by atoms with Crippen LogP contribution < -0.4 is 4.74 Å². The van der Waals surface area contributed by atoms with E-state index in [1.807, 2.05) is 43.3 Å². The minimum Gasteiger partial charge on any atom is -0.493 e. The molecule has 2 nitrogen and oxygen atoms in total. The SMILES string of the molecule is COc1cc(CSc2ccc(Cl)cc2)cc2cc(C)oc12. The molecule has 0 aliphatic rings. The van der Waals surface area contributed by atoms with Crippen molar-refractivity contribution in [1.29, 1.82) is 0 Å². The Bertz CT molecular complexity index is 762. The Morgan fingerprint density at radius 1 is 1.14 bits per heavy atom. The fourth-order valence-corrected chi connectivity index (χ4v) is 3.20. The molecule has 0 saturated heterocycles. The molecule has 3 aromatic rings. The van der Waals surface area contributed by atoms with E-state index >= 15 is 0 Å². The summed E-state index contributed by atoms with van der Waals surface area (Å²) in [4.78, 5) is 1.20. The van der Waals surface area contributed by atoms with Crippen molar-refractivity contribution in [3.63, 3.8) is 0 Å². The molecule has 0 unspecified atom stereocenters. The van der Waals surface area contributed by atoms with Crippen LogP contribution in [0.15, 0.2) is 51.8 Å². The third-order valence-corrected chi connectivity index (χ3v) is 4.54. The molecule has 0 N–H and O–H groups in total. The fourth-order valence-electron chi connectivity index (χ4n) is 2.24. The summed E-state index contributed by atoms with van der Waals surface area (Å²) in [5.74, 6) is 2.55. The molecule has 1 aromatic heterocycles. The van der Waals surface area contributed by atoms with E-state index in [-0.39, 0.29) is 0 Å². The molecule has 3 rings (SSSR count). The first-order valence-corrected chi connectivity index (χ1v) is 7.97. The molecule has 0 atom stereocenters. The highest BCUT2D eigenvalue weighted by atomic mass is 35.5. The van der Waals surface area contributed by atoms with Crippen LogP contribution in [-0.4, -0.2) is 7.11 Å². The van der Waals surface area contributed by atoms with Gasteiger partial charge in [-0.25, -0.2) is 0 Å². The Hall–Kier alpha value is -1.58. The number of hydrogen-bond acceptors (Lipinski definition) is 3. The van der Waals surface area contributed by atoms with Crippen LogP contribution in [0.25, 0.3) is 11.0 Å². The molecule has 4 heteroatoms. The first-order chi connectivity index (χ1) is 10.2. The van der Waals surface area contributed by atoms with Gasteiger partial charge in [0.05, 0.1) is 7.11 Å². The van der Waals surface area contributed by atoms with Gasteiger partial charge in [0.25, 0.3) is 0 Å². The molecule has 0 amide bonds. The number of thioether (sulfide) groups is 1. The van der Waals surface area contributed by atoms with Gasteiger partial charge in [0, 0.05) is 21.1 Å². The maximum atomic E-state index is 5.90. The lowest BCUT2D eigenvalue weighted by Crippen LogP contribution is -1.87. The number of rotatable bonds is 4. The molecule has 0 bridgehead atoms. The van der Waals surface area contributed by atoms with Crippen LogP contribution in [0.2, 0.25) is 5.02 Å². The van der Waals surface area contributed by atoms with Gasteiger partial charge in [0.2, 0.25) is 0 Å². The van der Waals surface area contributed by atoms with Gasteiger partial charge in [-0.15, -0.1) is 11.8 Å². The third kappa shape index (κ3) is 3.20. The van der Waals surface area contributed by atoms with E-state index in [1.165, 1.54) is 10.5 Å². The van der Waals surface area contributed by atoms with Gasteiger partial charge < -0.3 is 9.15 Å². The number of aryl methyl sites for hydroxylation is 1. The van der Waals surface area contributed by atoms with E-state index < -0.39 is 0 Å². The van der Waals surface area contributed by atoms with Crippen molar-refractivity contribution >= 4 is 34.3 Å². The summed E-state index contributed by atoms with van der Waals surface area (Å²) >= 11 is 7.67. The van der Waals surface area contributed by atoms with Gasteiger partial charge in [-0.2, -0.15) is 0 Å². The van der Waals surface area contributed by atoms with Crippen molar-refractivity contribution in [2.45, 2.75) is 17.6 Å². The van der Waals surface area contributed by atoms with E-state index in [9.17, 15) is 0 Å². The van der Waals surface area contributed by atoms with E-state index in [4.69, 9.17) is 20.8 Å². The second kappa shape index (κ2) is 6.04. The van der Waals surface area contributed by atoms with Crippen molar-refractivity contribution in [3.05, 3.63) is 58.8 Å². The summed E-state index contributed by atoms with van der Waals surface area (Å²) in [7, 11) is 1.67.